The third-order valence-electron chi connectivity index (χ3n) is 5.43. The van der Waals surface area contributed by atoms with Crippen LogP contribution in [-0.4, -0.2) is 10.2 Å². The van der Waals surface area contributed by atoms with Crippen LogP contribution in [0.3, 0.4) is 0 Å². The summed E-state index contributed by atoms with van der Waals surface area (Å²) in [7, 11) is 0. The third-order valence-corrected chi connectivity index (χ3v) is 6.49. The number of hydrogen-bond donors (Lipinski definition) is 2. The van der Waals surface area contributed by atoms with Crippen molar-refractivity contribution in [2.45, 2.75) is 11.2 Å². The van der Waals surface area contributed by atoms with Gasteiger partial charge in [0.1, 0.15) is 0 Å². The number of hydrogen-bond acceptors (Lipinski definition) is 2. The summed E-state index contributed by atoms with van der Waals surface area (Å²) in [6.07, 6.45) is 0. The number of halogens is 2. The number of aliphatic hydroxyl groups is 2. The molecule has 150 valence electrons. The summed E-state index contributed by atoms with van der Waals surface area (Å²) in [6.45, 7) is 0. The zero-order valence-electron chi connectivity index (χ0n) is 16.0. The number of rotatable bonds is 5. The molecule has 4 rings (SSSR count). The molecule has 0 unspecified atom stereocenters. The van der Waals surface area contributed by atoms with Gasteiger partial charge in [0, 0.05) is 8.95 Å². The van der Waals surface area contributed by atoms with Crippen LogP contribution in [-0.2, 0) is 11.2 Å². The van der Waals surface area contributed by atoms with Gasteiger partial charge in [0.2, 0.25) is 0 Å². The lowest BCUT2D eigenvalue weighted by Crippen LogP contribution is -2.51. The van der Waals surface area contributed by atoms with Gasteiger partial charge in [-0.2, -0.15) is 0 Å². The highest BCUT2D eigenvalue weighted by molar-refractivity contribution is 9.10. The van der Waals surface area contributed by atoms with E-state index in [1.165, 1.54) is 0 Å². The average Bonchev–Trinajstić information content (AvgIpc) is 2.80. The molecule has 0 bridgehead atoms. The molecule has 2 N–H and O–H groups in total. The minimum Gasteiger partial charge on any atom is -0.377 e. The molecule has 0 aliphatic carbocycles. The first-order chi connectivity index (χ1) is 14.5. The Morgan fingerprint density at radius 1 is 0.400 bits per heavy atom. The fraction of sp³-hybridized carbons (Fsp3) is 0.0769. The highest BCUT2D eigenvalue weighted by Crippen LogP contribution is 2.49. The fourth-order valence-corrected chi connectivity index (χ4v) is 4.44. The van der Waals surface area contributed by atoms with Crippen LogP contribution in [0.25, 0.3) is 0 Å². The van der Waals surface area contributed by atoms with Crippen molar-refractivity contribution in [2.24, 2.45) is 0 Å². The van der Waals surface area contributed by atoms with E-state index in [0.717, 1.165) is 8.95 Å². The number of benzene rings is 4. The normalized spacial score (nSPS) is 15.2. The van der Waals surface area contributed by atoms with E-state index in [1.807, 2.05) is 109 Å². The first-order valence-corrected chi connectivity index (χ1v) is 11.1. The van der Waals surface area contributed by atoms with Gasteiger partial charge < -0.3 is 10.2 Å². The van der Waals surface area contributed by atoms with Crippen molar-refractivity contribution in [2.75, 3.05) is 0 Å². The molecule has 0 saturated heterocycles. The van der Waals surface area contributed by atoms with Gasteiger partial charge in [0.25, 0.3) is 0 Å². The maximum absolute atomic E-state index is 12.5. The SMILES string of the molecule is O[C@](c1ccccc1)(c1ccc(Br)cc1)[C@](O)(c1ccccc1)c1ccc(Br)cc1. The third kappa shape index (κ3) is 3.54. The first kappa shape index (κ1) is 21.0. The molecule has 0 fully saturated rings. The topological polar surface area (TPSA) is 40.5 Å². The van der Waals surface area contributed by atoms with Gasteiger partial charge in [0.05, 0.1) is 0 Å². The van der Waals surface area contributed by atoms with Crippen LogP contribution in [0.15, 0.2) is 118 Å². The van der Waals surface area contributed by atoms with Crippen molar-refractivity contribution < 1.29 is 10.2 Å². The van der Waals surface area contributed by atoms with Crippen LogP contribution in [0.4, 0.5) is 0 Å². The van der Waals surface area contributed by atoms with Gasteiger partial charge >= 0.3 is 0 Å². The highest BCUT2D eigenvalue weighted by atomic mass is 79.9. The van der Waals surface area contributed by atoms with Crippen LogP contribution < -0.4 is 0 Å². The highest BCUT2D eigenvalue weighted by Gasteiger charge is 2.54. The standard InChI is InChI=1S/C26H20Br2O2/c27-23-15-11-21(12-16-23)25(29,19-7-3-1-4-8-19)26(30,20-9-5-2-6-10-20)22-13-17-24(28)18-14-22/h1-18,29-30H/t25-,26+. The van der Waals surface area contributed by atoms with E-state index >= 15 is 0 Å². The molecule has 0 spiro atoms. The molecule has 0 saturated carbocycles. The smallest absolute Gasteiger partial charge is 0.152 e. The van der Waals surface area contributed by atoms with Crippen LogP contribution in [0.2, 0.25) is 0 Å². The summed E-state index contributed by atoms with van der Waals surface area (Å²) in [4.78, 5) is 0. The zero-order chi connectivity index (χ0) is 21.2. The second-order valence-corrected chi connectivity index (χ2v) is 9.00. The predicted octanol–water partition coefficient (Wildman–Crippen LogP) is 6.38. The van der Waals surface area contributed by atoms with E-state index in [9.17, 15) is 10.2 Å². The van der Waals surface area contributed by atoms with Gasteiger partial charge in [-0.3, -0.25) is 0 Å². The molecule has 0 radical (unpaired) electrons. The molecule has 0 amide bonds. The van der Waals surface area contributed by atoms with Crippen molar-refractivity contribution >= 4 is 31.9 Å². The van der Waals surface area contributed by atoms with Gasteiger partial charge in [0.15, 0.2) is 11.2 Å². The predicted molar refractivity (Wildman–Crippen MR) is 127 cm³/mol. The Morgan fingerprint density at radius 3 is 0.967 bits per heavy atom. The molecule has 30 heavy (non-hydrogen) atoms. The van der Waals surface area contributed by atoms with Gasteiger partial charge in [-0.05, 0) is 46.5 Å². The van der Waals surface area contributed by atoms with E-state index in [0.29, 0.717) is 22.3 Å². The lowest BCUT2D eigenvalue weighted by Gasteiger charge is -2.45. The second kappa shape index (κ2) is 8.48. The Kier molecular flexibility index (Phi) is 5.94. The van der Waals surface area contributed by atoms with Crippen molar-refractivity contribution in [3.05, 3.63) is 140 Å². The second-order valence-electron chi connectivity index (χ2n) is 7.17. The molecule has 4 aromatic carbocycles. The van der Waals surface area contributed by atoms with E-state index in [2.05, 4.69) is 31.9 Å². The van der Waals surface area contributed by atoms with Crippen LogP contribution in [0.1, 0.15) is 22.3 Å². The van der Waals surface area contributed by atoms with E-state index < -0.39 is 11.2 Å². The average molecular weight is 524 g/mol. The lowest BCUT2D eigenvalue weighted by molar-refractivity contribution is -0.113. The van der Waals surface area contributed by atoms with E-state index in [1.54, 1.807) is 0 Å². The monoisotopic (exact) mass is 522 g/mol. The molecule has 2 atom stereocenters. The fourth-order valence-electron chi connectivity index (χ4n) is 3.91. The summed E-state index contributed by atoms with van der Waals surface area (Å²) in [5.41, 5.74) is -1.12. The molecule has 4 aromatic rings. The van der Waals surface area contributed by atoms with E-state index in [4.69, 9.17) is 0 Å². The Balaban J connectivity index is 2.08. The summed E-state index contributed by atoms with van der Waals surface area (Å²) in [6, 6.07) is 33.5. The summed E-state index contributed by atoms with van der Waals surface area (Å²) < 4.78 is 1.79. The van der Waals surface area contributed by atoms with Crippen LogP contribution >= 0.6 is 31.9 Å². The van der Waals surface area contributed by atoms with Gasteiger partial charge in [-0.1, -0.05) is 117 Å². The minimum absolute atomic E-state index is 0.589. The first-order valence-electron chi connectivity index (χ1n) is 9.54. The van der Waals surface area contributed by atoms with Crippen molar-refractivity contribution in [3.8, 4) is 0 Å². The summed E-state index contributed by atoms with van der Waals surface area (Å²) in [5, 5.41) is 24.9. The summed E-state index contributed by atoms with van der Waals surface area (Å²) >= 11 is 6.93. The molecule has 0 aliphatic rings. The molecule has 0 heterocycles. The Labute approximate surface area is 193 Å². The van der Waals surface area contributed by atoms with Crippen molar-refractivity contribution in [1.29, 1.82) is 0 Å². The van der Waals surface area contributed by atoms with Gasteiger partial charge in [-0.15, -0.1) is 0 Å². The quantitative estimate of drug-likeness (QED) is 0.318. The molecule has 0 aliphatic heterocycles. The molecular formula is C26H20Br2O2. The minimum atomic E-state index is -1.75. The van der Waals surface area contributed by atoms with E-state index in [-0.39, 0.29) is 0 Å². The summed E-state index contributed by atoms with van der Waals surface area (Å²) in [5.74, 6) is 0. The maximum Gasteiger partial charge on any atom is 0.152 e. The maximum atomic E-state index is 12.5. The van der Waals surface area contributed by atoms with Crippen molar-refractivity contribution in [3.63, 3.8) is 0 Å². The van der Waals surface area contributed by atoms with Crippen LogP contribution in [0.5, 0.6) is 0 Å². The molecule has 4 heteroatoms. The zero-order valence-corrected chi connectivity index (χ0v) is 19.2. The largest absolute Gasteiger partial charge is 0.377 e. The molecule has 0 aromatic heterocycles. The Morgan fingerprint density at radius 2 is 0.667 bits per heavy atom. The molecular weight excluding hydrogens is 504 g/mol. The van der Waals surface area contributed by atoms with Crippen LogP contribution in [0, 0.1) is 0 Å². The lowest BCUT2D eigenvalue weighted by atomic mass is 9.66. The van der Waals surface area contributed by atoms with Crippen molar-refractivity contribution in [1.82, 2.24) is 0 Å². The molecule has 2 nitrogen and oxygen atoms in total. The van der Waals surface area contributed by atoms with Gasteiger partial charge in [-0.25, -0.2) is 0 Å². The Bertz CT molecular complexity index is 1020. The Hall–Kier alpha value is -2.24.